The van der Waals surface area contributed by atoms with Gasteiger partial charge in [-0.3, -0.25) is 4.79 Å². The lowest BCUT2D eigenvalue weighted by Crippen LogP contribution is -2.57. The van der Waals surface area contributed by atoms with Crippen molar-refractivity contribution in [3.63, 3.8) is 0 Å². The number of piperidine rings is 3. The van der Waals surface area contributed by atoms with E-state index < -0.39 is 0 Å². The molecule has 1 atom stereocenters. The van der Waals surface area contributed by atoms with Gasteiger partial charge >= 0.3 is 0 Å². The molecule has 5 rings (SSSR count). The Morgan fingerprint density at radius 3 is 2.75 bits per heavy atom. The molecule has 4 fully saturated rings. The summed E-state index contributed by atoms with van der Waals surface area (Å²) in [4.78, 5) is 14.7. The van der Waals surface area contributed by atoms with Gasteiger partial charge in [-0.1, -0.05) is 5.21 Å². The number of hydrogen-bond acceptors (Lipinski definition) is 5. The number of carbonyl (C=O) groups excluding carboxylic acids is 1. The normalized spacial score (nSPS) is 32.9. The third kappa shape index (κ3) is 2.10. The van der Waals surface area contributed by atoms with E-state index in [2.05, 4.69) is 25.8 Å². The average molecular weight is 276 g/mol. The van der Waals surface area contributed by atoms with Crippen LogP contribution < -0.4 is 10.6 Å². The van der Waals surface area contributed by atoms with Crippen molar-refractivity contribution in [1.29, 1.82) is 0 Å². The molecule has 1 amide bonds. The van der Waals surface area contributed by atoms with Gasteiger partial charge in [0.15, 0.2) is 5.69 Å². The standard InChI is InChI=1S/C13H20N6O/c20-13(12-8-19(17-16-12)10-5-14-6-10)15-11-7-18-3-1-9(11)2-4-18/h8-11,14H,1-7H2,(H,15,20). The molecule has 0 saturated carbocycles. The summed E-state index contributed by atoms with van der Waals surface area (Å²) in [5, 5.41) is 14.4. The molecule has 2 bridgehead atoms. The van der Waals surface area contributed by atoms with E-state index in [1.165, 1.54) is 25.9 Å². The van der Waals surface area contributed by atoms with Gasteiger partial charge in [-0.05, 0) is 31.8 Å². The van der Waals surface area contributed by atoms with Crippen molar-refractivity contribution in [3.05, 3.63) is 11.9 Å². The molecule has 4 aliphatic rings. The fourth-order valence-corrected chi connectivity index (χ4v) is 3.39. The van der Waals surface area contributed by atoms with Gasteiger partial charge in [0, 0.05) is 25.7 Å². The molecule has 0 aliphatic carbocycles. The van der Waals surface area contributed by atoms with Gasteiger partial charge in [-0.2, -0.15) is 0 Å². The number of rotatable bonds is 3. The van der Waals surface area contributed by atoms with Crippen LogP contribution in [0.3, 0.4) is 0 Å². The van der Waals surface area contributed by atoms with Crippen molar-refractivity contribution in [1.82, 2.24) is 30.5 Å². The van der Waals surface area contributed by atoms with Crippen molar-refractivity contribution < 1.29 is 4.79 Å². The summed E-state index contributed by atoms with van der Waals surface area (Å²) >= 11 is 0. The monoisotopic (exact) mass is 276 g/mol. The average Bonchev–Trinajstić information content (AvgIpc) is 2.87. The summed E-state index contributed by atoms with van der Waals surface area (Å²) in [7, 11) is 0. The van der Waals surface area contributed by atoms with E-state index in [0.717, 1.165) is 19.6 Å². The number of fused-ring (bicyclic) bond motifs is 3. The van der Waals surface area contributed by atoms with Crippen LogP contribution in [0.4, 0.5) is 0 Å². The van der Waals surface area contributed by atoms with E-state index in [4.69, 9.17) is 0 Å². The van der Waals surface area contributed by atoms with Crippen LogP contribution in [0.2, 0.25) is 0 Å². The van der Waals surface area contributed by atoms with Gasteiger partial charge in [0.2, 0.25) is 0 Å². The zero-order valence-electron chi connectivity index (χ0n) is 11.5. The van der Waals surface area contributed by atoms with Crippen LogP contribution in [0.1, 0.15) is 29.4 Å². The zero-order valence-corrected chi connectivity index (χ0v) is 11.5. The van der Waals surface area contributed by atoms with Crippen LogP contribution >= 0.6 is 0 Å². The summed E-state index contributed by atoms with van der Waals surface area (Å²) in [5.74, 6) is 0.553. The number of nitrogens with one attached hydrogen (secondary N) is 2. The van der Waals surface area contributed by atoms with E-state index in [0.29, 0.717) is 17.7 Å². The Hall–Kier alpha value is -1.47. The molecule has 2 N–H and O–H groups in total. The molecule has 108 valence electrons. The zero-order chi connectivity index (χ0) is 13.5. The highest BCUT2D eigenvalue weighted by Crippen LogP contribution is 2.27. The number of nitrogens with zero attached hydrogens (tertiary/aromatic N) is 4. The first kappa shape index (κ1) is 12.3. The maximum Gasteiger partial charge on any atom is 0.273 e. The number of aromatic nitrogens is 3. The van der Waals surface area contributed by atoms with Crippen LogP contribution in [0, 0.1) is 5.92 Å². The quantitative estimate of drug-likeness (QED) is 0.759. The third-order valence-corrected chi connectivity index (χ3v) is 4.85. The Labute approximate surface area is 117 Å². The predicted molar refractivity (Wildman–Crippen MR) is 72.3 cm³/mol. The molecule has 20 heavy (non-hydrogen) atoms. The smallest absolute Gasteiger partial charge is 0.273 e. The summed E-state index contributed by atoms with van der Waals surface area (Å²) in [6.07, 6.45) is 4.17. The first-order chi connectivity index (χ1) is 9.79. The Morgan fingerprint density at radius 2 is 2.15 bits per heavy atom. The van der Waals surface area contributed by atoms with E-state index in [1.54, 1.807) is 10.9 Å². The van der Waals surface area contributed by atoms with Crippen molar-refractivity contribution in [2.45, 2.75) is 24.9 Å². The Kier molecular flexibility index (Phi) is 2.96. The van der Waals surface area contributed by atoms with Crippen molar-refractivity contribution in [3.8, 4) is 0 Å². The number of hydrogen-bond donors (Lipinski definition) is 2. The number of amides is 1. The lowest BCUT2D eigenvalue weighted by molar-refractivity contribution is 0.0617. The second kappa shape index (κ2) is 4.82. The van der Waals surface area contributed by atoms with E-state index in [1.807, 2.05) is 0 Å². The Balaban J connectivity index is 1.41. The predicted octanol–water partition coefficient (Wildman–Crippen LogP) is -0.754. The molecule has 1 aromatic heterocycles. The second-order valence-corrected chi connectivity index (χ2v) is 6.11. The second-order valence-electron chi connectivity index (χ2n) is 6.11. The molecular weight excluding hydrogens is 256 g/mol. The maximum absolute atomic E-state index is 12.3. The van der Waals surface area contributed by atoms with Crippen molar-refractivity contribution in [2.75, 3.05) is 32.7 Å². The van der Waals surface area contributed by atoms with Gasteiger partial charge in [0.05, 0.1) is 12.2 Å². The van der Waals surface area contributed by atoms with Crippen LogP contribution in [-0.2, 0) is 0 Å². The topological polar surface area (TPSA) is 75.1 Å². The van der Waals surface area contributed by atoms with Gasteiger partial charge < -0.3 is 15.5 Å². The molecule has 4 saturated heterocycles. The molecular formula is C13H20N6O. The van der Waals surface area contributed by atoms with E-state index in [-0.39, 0.29) is 11.9 Å². The van der Waals surface area contributed by atoms with Crippen LogP contribution in [0.5, 0.6) is 0 Å². The summed E-state index contributed by atoms with van der Waals surface area (Å²) < 4.78 is 1.79. The Bertz CT molecular complexity index is 503. The fourth-order valence-electron chi connectivity index (χ4n) is 3.39. The molecule has 0 spiro atoms. The highest BCUT2D eigenvalue weighted by molar-refractivity contribution is 5.92. The van der Waals surface area contributed by atoms with Crippen molar-refractivity contribution in [2.24, 2.45) is 5.92 Å². The first-order valence-electron chi connectivity index (χ1n) is 7.45. The molecule has 5 heterocycles. The van der Waals surface area contributed by atoms with Gasteiger partial charge in [-0.25, -0.2) is 4.68 Å². The fraction of sp³-hybridized carbons (Fsp3) is 0.769. The first-order valence-corrected chi connectivity index (χ1v) is 7.45. The third-order valence-electron chi connectivity index (χ3n) is 4.85. The lowest BCUT2D eigenvalue weighted by Gasteiger charge is -2.44. The molecule has 0 aromatic carbocycles. The largest absolute Gasteiger partial charge is 0.346 e. The molecule has 4 aliphatic heterocycles. The summed E-state index contributed by atoms with van der Waals surface area (Å²) in [6, 6.07) is 0.626. The minimum absolute atomic E-state index is 0.0812. The maximum atomic E-state index is 12.3. The molecule has 7 heteroatoms. The van der Waals surface area contributed by atoms with E-state index >= 15 is 0 Å². The summed E-state index contributed by atoms with van der Waals surface area (Å²) in [5.41, 5.74) is 0.438. The highest BCUT2D eigenvalue weighted by atomic mass is 16.2. The number of carbonyl (C=O) groups is 1. The van der Waals surface area contributed by atoms with Crippen LogP contribution in [-0.4, -0.2) is 64.6 Å². The van der Waals surface area contributed by atoms with Crippen molar-refractivity contribution >= 4 is 5.91 Å². The summed E-state index contributed by atoms with van der Waals surface area (Å²) in [6.45, 7) is 5.16. The molecule has 0 radical (unpaired) electrons. The SMILES string of the molecule is O=C(NC1CN2CCC1CC2)c1cn(C2CNC2)nn1. The minimum Gasteiger partial charge on any atom is -0.346 e. The minimum atomic E-state index is -0.0812. The van der Waals surface area contributed by atoms with Crippen LogP contribution in [0.25, 0.3) is 0 Å². The van der Waals surface area contributed by atoms with Gasteiger partial charge in [0.1, 0.15) is 0 Å². The molecule has 7 nitrogen and oxygen atoms in total. The van der Waals surface area contributed by atoms with E-state index in [9.17, 15) is 4.79 Å². The highest BCUT2D eigenvalue weighted by Gasteiger charge is 2.35. The lowest BCUT2D eigenvalue weighted by atomic mass is 9.84. The molecule has 1 aromatic rings. The van der Waals surface area contributed by atoms with Gasteiger partial charge in [0.25, 0.3) is 5.91 Å². The molecule has 1 unspecified atom stereocenters. The van der Waals surface area contributed by atoms with Crippen LogP contribution in [0.15, 0.2) is 6.20 Å². The Morgan fingerprint density at radius 1 is 1.35 bits per heavy atom. The van der Waals surface area contributed by atoms with Gasteiger partial charge in [-0.15, -0.1) is 5.10 Å².